The van der Waals surface area contributed by atoms with Gasteiger partial charge >= 0.3 is 5.97 Å². The fraction of sp³-hybridized carbons (Fsp3) is 0.278. The van der Waals surface area contributed by atoms with Crippen LogP contribution in [0.15, 0.2) is 48.5 Å². The van der Waals surface area contributed by atoms with Crippen LogP contribution in [0.25, 0.3) is 0 Å². The van der Waals surface area contributed by atoms with E-state index in [2.05, 4.69) is 30.3 Å². The normalized spacial score (nSPS) is 17.4. The molecule has 1 unspecified atom stereocenters. The SMILES string of the molecule is COC(=O)c1ccc2c(c1)C(c1ccccc1)CCC2. The first-order valence-electron chi connectivity index (χ1n) is 7.05. The van der Waals surface area contributed by atoms with Crippen molar-refractivity contribution in [1.82, 2.24) is 0 Å². The van der Waals surface area contributed by atoms with E-state index in [-0.39, 0.29) is 5.97 Å². The second kappa shape index (κ2) is 5.49. The van der Waals surface area contributed by atoms with Crippen LogP contribution in [0.3, 0.4) is 0 Å². The van der Waals surface area contributed by atoms with E-state index >= 15 is 0 Å². The minimum Gasteiger partial charge on any atom is -0.465 e. The molecule has 0 aliphatic heterocycles. The maximum Gasteiger partial charge on any atom is 0.337 e. The van der Waals surface area contributed by atoms with Crippen molar-refractivity contribution in [2.45, 2.75) is 25.2 Å². The van der Waals surface area contributed by atoms with E-state index in [1.807, 2.05) is 18.2 Å². The van der Waals surface area contributed by atoms with E-state index in [0.29, 0.717) is 11.5 Å². The van der Waals surface area contributed by atoms with Gasteiger partial charge in [0.1, 0.15) is 0 Å². The molecule has 3 rings (SSSR count). The van der Waals surface area contributed by atoms with Gasteiger partial charge in [-0.2, -0.15) is 0 Å². The van der Waals surface area contributed by atoms with Crippen molar-refractivity contribution in [1.29, 1.82) is 0 Å². The van der Waals surface area contributed by atoms with E-state index in [0.717, 1.165) is 12.8 Å². The molecule has 2 aromatic carbocycles. The summed E-state index contributed by atoms with van der Waals surface area (Å²) in [6, 6.07) is 16.5. The highest BCUT2D eigenvalue weighted by Crippen LogP contribution is 2.37. The molecule has 0 N–H and O–H groups in total. The van der Waals surface area contributed by atoms with Crippen LogP contribution < -0.4 is 0 Å². The molecule has 2 heteroatoms. The van der Waals surface area contributed by atoms with Crippen LogP contribution in [-0.2, 0) is 11.2 Å². The van der Waals surface area contributed by atoms with Gasteiger partial charge in [-0.25, -0.2) is 4.79 Å². The summed E-state index contributed by atoms with van der Waals surface area (Å²) in [6.45, 7) is 0. The average Bonchev–Trinajstić information content (AvgIpc) is 2.54. The number of rotatable bonds is 2. The molecule has 0 radical (unpaired) electrons. The zero-order chi connectivity index (χ0) is 13.9. The molecule has 1 atom stereocenters. The molecule has 0 bridgehead atoms. The van der Waals surface area contributed by atoms with Crippen molar-refractivity contribution in [3.05, 3.63) is 70.8 Å². The van der Waals surface area contributed by atoms with E-state index in [1.54, 1.807) is 0 Å². The van der Waals surface area contributed by atoms with Gasteiger partial charge in [-0.15, -0.1) is 0 Å². The van der Waals surface area contributed by atoms with Gasteiger partial charge in [0.25, 0.3) is 0 Å². The molecule has 0 fully saturated rings. The van der Waals surface area contributed by atoms with Crippen molar-refractivity contribution in [3.63, 3.8) is 0 Å². The van der Waals surface area contributed by atoms with E-state index in [9.17, 15) is 4.79 Å². The lowest BCUT2D eigenvalue weighted by Gasteiger charge is -2.26. The largest absolute Gasteiger partial charge is 0.465 e. The molecule has 1 aliphatic rings. The Morgan fingerprint density at radius 2 is 1.95 bits per heavy atom. The second-order valence-electron chi connectivity index (χ2n) is 5.26. The first-order chi connectivity index (χ1) is 9.79. The summed E-state index contributed by atoms with van der Waals surface area (Å²) in [5, 5.41) is 0. The quantitative estimate of drug-likeness (QED) is 0.769. The average molecular weight is 266 g/mol. The Balaban J connectivity index is 2.04. The van der Waals surface area contributed by atoms with Crippen LogP contribution in [-0.4, -0.2) is 13.1 Å². The van der Waals surface area contributed by atoms with Gasteiger partial charge in [-0.3, -0.25) is 0 Å². The van der Waals surface area contributed by atoms with Gasteiger partial charge in [0.15, 0.2) is 0 Å². The monoisotopic (exact) mass is 266 g/mol. The maximum absolute atomic E-state index is 11.7. The number of carbonyl (C=O) groups is 1. The number of aryl methyl sites for hydroxylation is 1. The Kier molecular flexibility index (Phi) is 3.55. The number of esters is 1. The van der Waals surface area contributed by atoms with Crippen molar-refractivity contribution in [2.75, 3.05) is 7.11 Å². The Hall–Kier alpha value is -2.09. The molecule has 20 heavy (non-hydrogen) atoms. The first-order valence-corrected chi connectivity index (χ1v) is 7.05. The number of hydrogen-bond acceptors (Lipinski definition) is 2. The third-order valence-corrected chi connectivity index (χ3v) is 4.08. The summed E-state index contributed by atoms with van der Waals surface area (Å²) in [5.74, 6) is 0.134. The van der Waals surface area contributed by atoms with Crippen molar-refractivity contribution < 1.29 is 9.53 Å². The van der Waals surface area contributed by atoms with E-state index < -0.39 is 0 Å². The predicted molar refractivity (Wildman–Crippen MR) is 79.0 cm³/mol. The third-order valence-electron chi connectivity index (χ3n) is 4.08. The lowest BCUT2D eigenvalue weighted by atomic mass is 9.78. The van der Waals surface area contributed by atoms with Crippen LogP contribution >= 0.6 is 0 Å². The van der Waals surface area contributed by atoms with Gasteiger partial charge in [-0.05, 0) is 48.1 Å². The number of ether oxygens (including phenoxy) is 1. The van der Waals surface area contributed by atoms with Gasteiger partial charge in [0.2, 0.25) is 0 Å². The molecule has 102 valence electrons. The summed E-state index contributed by atoms with van der Waals surface area (Å²) < 4.78 is 4.83. The minimum absolute atomic E-state index is 0.259. The summed E-state index contributed by atoms with van der Waals surface area (Å²) >= 11 is 0. The molecule has 0 amide bonds. The van der Waals surface area contributed by atoms with Crippen molar-refractivity contribution in [3.8, 4) is 0 Å². The zero-order valence-corrected chi connectivity index (χ0v) is 11.6. The van der Waals surface area contributed by atoms with Crippen LogP contribution in [0, 0.1) is 0 Å². The predicted octanol–water partition coefficient (Wildman–Crippen LogP) is 3.94. The molecule has 0 spiro atoms. The second-order valence-corrected chi connectivity index (χ2v) is 5.26. The number of carbonyl (C=O) groups excluding carboxylic acids is 1. The van der Waals surface area contributed by atoms with Gasteiger partial charge in [0.05, 0.1) is 12.7 Å². The van der Waals surface area contributed by atoms with Crippen molar-refractivity contribution in [2.24, 2.45) is 0 Å². The summed E-state index contributed by atoms with van der Waals surface area (Å²) in [7, 11) is 1.43. The summed E-state index contributed by atoms with van der Waals surface area (Å²) in [5.41, 5.74) is 4.62. The van der Waals surface area contributed by atoms with Crippen LogP contribution in [0.4, 0.5) is 0 Å². The summed E-state index contributed by atoms with van der Waals surface area (Å²) in [4.78, 5) is 11.7. The first kappa shape index (κ1) is 12.9. The third kappa shape index (κ3) is 2.34. The molecule has 2 nitrogen and oxygen atoms in total. The van der Waals surface area contributed by atoms with Gasteiger partial charge < -0.3 is 4.74 Å². The highest BCUT2D eigenvalue weighted by Gasteiger charge is 2.23. The molecule has 2 aromatic rings. The fourth-order valence-electron chi connectivity index (χ4n) is 3.08. The Bertz CT molecular complexity index is 617. The molecule has 1 aliphatic carbocycles. The topological polar surface area (TPSA) is 26.3 Å². The Morgan fingerprint density at radius 3 is 2.70 bits per heavy atom. The van der Waals surface area contributed by atoms with Crippen molar-refractivity contribution >= 4 is 5.97 Å². The Labute approximate surface area is 119 Å². The maximum atomic E-state index is 11.7. The number of benzene rings is 2. The molecule has 0 saturated carbocycles. The smallest absolute Gasteiger partial charge is 0.337 e. The van der Waals surface area contributed by atoms with Gasteiger partial charge in [0, 0.05) is 5.92 Å². The van der Waals surface area contributed by atoms with Crippen LogP contribution in [0.2, 0.25) is 0 Å². The zero-order valence-electron chi connectivity index (χ0n) is 11.6. The highest BCUT2D eigenvalue weighted by atomic mass is 16.5. The van der Waals surface area contributed by atoms with Crippen LogP contribution in [0.5, 0.6) is 0 Å². The van der Waals surface area contributed by atoms with E-state index in [4.69, 9.17) is 4.74 Å². The lowest BCUT2D eigenvalue weighted by molar-refractivity contribution is 0.0600. The Morgan fingerprint density at radius 1 is 1.15 bits per heavy atom. The lowest BCUT2D eigenvalue weighted by Crippen LogP contribution is -2.13. The number of methoxy groups -OCH3 is 1. The molecule has 0 saturated heterocycles. The molecular formula is C18H18O2. The van der Waals surface area contributed by atoms with Crippen LogP contribution in [0.1, 0.15) is 45.8 Å². The molecular weight excluding hydrogens is 248 g/mol. The standard InChI is InChI=1S/C18H18O2/c1-20-18(19)15-11-10-14-8-5-9-16(17(14)12-15)13-6-3-2-4-7-13/h2-4,6-7,10-12,16H,5,8-9H2,1H3. The fourth-order valence-corrected chi connectivity index (χ4v) is 3.08. The number of fused-ring (bicyclic) bond motifs is 1. The minimum atomic E-state index is -0.259. The van der Waals surface area contributed by atoms with E-state index in [1.165, 1.54) is 30.2 Å². The highest BCUT2D eigenvalue weighted by molar-refractivity contribution is 5.89. The van der Waals surface area contributed by atoms with Gasteiger partial charge in [-0.1, -0.05) is 36.4 Å². The molecule has 0 aromatic heterocycles. The summed E-state index contributed by atoms with van der Waals surface area (Å²) in [6.07, 6.45) is 3.44. The molecule has 0 heterocycles. The number of hydrogen-bond donors (Lipinski definition) is 0.